The van der Waals surface area contributed by atoms with Crippen LogP contribution in [0.3, 0.4) is 0 Å². The molecule has 3 aromatic carbocycles. The third-order valence-corrected chi connectivity index (χ3v) is 4.22. The molecule has 0 amide bonds. The van der Waals surface area contributed by atoms with Gasteiger partial charge in [0.05, 0.1) is 4.92 Å². The van der Waals surface area contributed by atoms with Crippen LogP contribution in [0.2, 0.25) is 0 Å². The number of aliphatic hydroxyl groups is 1. The number of benzene rings is 3. The highest BCUT2D eigenvalue weighted by molar-refractivity contribution is 5.73. The molecule has 4 rings (SSSR count). The number of nitro groups is 1. The van der Waals surface area contributed by atoms with Gasteiger partial charge in [0.2, 0.25) is 6.29 Å². The van der Waals surface area contributed by atoms with E-state index in [1.54, 1.807) is 12.1 Å². The lowest BCUT2D eigenvalue weighted by molar-refractivity contribution is -0.385. The van der Waals surface area contributed by atoms with E-state index in [1.165, 1.54) is 23.0 Å². The smallest absolute Gasteiger partial charge is 0.269 e. The molecular weight excluding hydrogens is 360 g/mol. The summed E-state index contributed by atoms with van der Waals surface area (Å²) in [5.41, 5.74) is 3.14. The first kappa shape index (κ1) is 17.6. The fourth-order valence-electron chi connectivity index (χ4n) is 2.83. The van der Waals surface area contributed by atoms with Crippen LogP contribution in [0.4, 0.5) is 5.69 Å². The number of hydrogen-bond donors (Lipinski definition) is 1. The number of fused-ring (bicyclic) bond motifs is 1. The topological polar surface area (TPSA) is 103 Å². The summed E-state index contributed by atoms with van der Waals surface area (Å²) < 4.78 is 5.70. The Hall–Kier alpha value is -3.78. The van der Waals surface area contributed by atoms with E-state index < -0.39 is 11.2 Å². The number of nitro benzene ring substituents is 1. The van der Waals surface area contributed by atoms with Crippen molar-refractivity contribution in [2.75, 3.05) is 0 Å². The lowest BCUT2D eigenvalue weighted by atomic mass is 10.2. The van der Waals surface area contributed by atoms with Crippen LogP contribution in [0, 0.1) is 17.0 Å². The minimum atomic E-state index is -1.38. The Morgan fingerprint density at radius 3 is 2.43 bits per heavy atom. The Kier molecular flexibility index (Phi) is 4.46. The van der Waals surface area contributed by atoms with Crippen LogP contribution in [0.25, 0.3) is 16.7 Å². The van der Waals surface area contributed by atoms with Crippen molar-refractivity contribution in [2.45, 2.75) is 13.2 Å². The molecule has 0 aliphatic heterocycles. The molecule has 0 aliphatic carbocycles. The summed E-state index contributed by atoms with van der Waals surface area (Å²) >= 11 is 0. The van der Waals surface area contributed by atoms with Crippen molar-refractivity contribution < 1.29 is 14.8 Å². The van der Waals surface area contributed by atoms with Gasteiger partial charge in [-0.15, -0.1) is 15.0 Å². The fraction of sp³-hybridized carbons (Fsp3) is 0.100. The molecule has 8 nitrogen and oxygen atoms in total. The van der Waals surface area contributed by atoms with Crippen molar-refractivity contribution in [1.82, 2.24) is 15.0 Å². The van der Waals surface area contributed by atoms with Gasteiger partial charge in [0.25, 0.3) is 5.69 Å². The highest BCUT2D eigenvalue weighted by atomic mass is 16.6. The van der Waals surface area contributed by atoms with Gasteiger partial charge in [0.15, 0.2) is 5.75 Å². The number of rotatable bonds is 5. The van der Waals surface area contributed by atoms with E-state index in [4.69, 9.17) is 4.74 Å². The molecule has 0 radical (unpaired) electrons. The Morgan fingerprint density at radius 2 is 1.75 bits per heavy atom. The molecule has 8 heteroatoms. The average molecular weight is 376 g/mol. The molecule has 140 valence electrons. The van der Waals surface area contributed by atoms with Crippen molar-refractivity contribution in [3.63, 3.8) is 0 Å². The highest BCUT2D eigenvalue weighted by Crippen LogP contribution is 2.29. The number of aromatic nitrogens is 3. The normalized spacial score (nSPS) is 12.1. The van der Waals surface area contributed by atoms with Gasteiger partial charge in [0, 0.05) is 17.7 Å². The van der Waals surface area contributed by atoms with Gasteiger partial charge in [0.1, 0.15) is 16.7 Å². The third kappa shape index (κ3) is 3.40. The maximum Gasteiger partial charge on any atom is 0.269 e. The fourth-order valence-corrected chi connectivity index (χ4v) is 2.83. The molecule has 1 atom stereocenters. The molecule has 0 saturated carbocycles. The largest absolute Gasteiger partial charge is 0.458 e. The summed E-state index contributed by atoms with van der Waals surface area (Å²) in [6.45, 7) is 1.92. The zero-order valence-corrected chi connectivity index (χ0v) is 14.9. The first-order chi connectivity index (χ1) is 13.5. The lowest BCUT2D eigenvalue weighted by Gasteiger charge is -2.16. The van der Waals surface area contributed by atoms with Crippen molar-refractivity contribution in [1.29, 1.82) is 0 Å². The van der Waals surface area contributed by atoms with Gasteiger partial charge in [-0.25, -0.2) is 0 Å². The zero-order chi connectivity index (χ0) is 19.7. The molecule has 1 unspecified atom stereocenters. The average Bonchev–Trinajstić information content (AvgIpc) is 3.13. The zero-order valence-electron chi connectivity index (χ0n) is 14.9. The molecule has 0 spiro atoms. The van der Waals surface area contributed by atoms with E-state index in [9.17, 15) is 15.2 Å². The molecule has 28 heavy (non-hydrogen) atoms. The predicted octanol–water partition coefficient (Wildman–Crippen LogP) is 3.71. The SMILES string of the molecule is Cc1ccc(OC(O)c2cccc([N+](=O)[O-])c2)c(-n2nc3ccccc3n2)c1. The van der Waals surface area contributed by atoms with Gasteiger partial charge in [-0.2, -0.15) is 0 Å². The number of aliphatic hydroxyl groups excluding tert-OH is 1. The third-order valence-electron chi connectivity index (χ3n) is 4.22. The Bertz CT molecular complexity index is 1140. The van der Waals surface area contributed by atoms with Crippen LogP contribution < -0.4 is 4.74 Å². The minimum Gasteiger partial charge on any atom is -0.458 e. The van der Waals surface area contributed by atoms with Gasteiger partial charge in [-0.05, 0) is 36.8 Å². The van der Waals surface area contributed by atoms with Crippen molar-refractivity contribution in [3.05, 3.63) is 88.0 Å². The van der Waals surface area contributed by atoms with Crippen molar-refractivity contribution in [3.8, 4) is 11.4 Å². The predicted molar refractivity (Wildman–Crippen MR) is 102 cm³/mol. The standard InChI is InChI=1S/C20H16N4O4/c1-13-9-10-19(28-20(25)14-5-4-6-15(12-14)24(26)27)18(11-13)23-21-16-7-2-3-8-17(16)22-23/h2-12,20,25H,1H3. The summed E-state index contributed by atoms with van der Waals surface area (Å²) in [5.74, 6) is 0.352. The van der Waals surface area contributed by atoms with Gasteiger partial charge in [-0.1, -0.05) is 30.3 Å². The Morgan fingerprint density at radius 1 is 1.04 bits per heavy atom. The van der Waals surface area contributed by atoms with E-state index >= 15 is 0 Å². The maximum atomic E-state index is 11.0. The molecule has 0 fully saturated rings. The van der Waals surface area contributed by atoms with E-state index in [2.05, 4.69) is 10.2 Å². The monoisotopic (exact) mass is 376 g/mol. The van der Waals surface area contributed by atoms with Gasteiger partial charge in [-0.3, -0.25) is 10.1 Å². The maximum absolute atomic E-state index is 11.0. The van der Waals surface area contributed by atoms with E-state index in [0.29, 0.717) is 11.4 Å². The van der Waals surface area contributed by atoms with Crippen molar-refractivity contribution in [2.24, 2.45) is 0 Å². The highest BCUT2D eigenvalue weighted by Gasteiger charge is 2.17. The number of non-ortho nitro benzene ring substituents is 1. The molecule has 1 aromatic heterocycles. The van der Waals surface area contributed by atoms with Crippen molar-refractivity contribution >= 4 is 16.7 Å². The number of nitrogens with zero attached hydrogens (tertiary/aromatic N) is 4. The number of aryl methyl sites for hydroxylation is 1. The molecule has 1 N–H and O–H groups in total. The second-order valence-corrected chi connectivity index (χ2v) is 6.27. The Balaban J connectivity index is 1.70. The molecule has 0 aliphatic rings. The molecular formula is C20H16N4O4. The number of ether oxygens (including phenoxy) is 1. The van der Waals surface area contributed by atoms with Crippen LogP contribution >= 0.6 is 0 Å². The minimum absolute atomic E-state index is 0.121. The van der Waals surface area contributed by atoms with Crippen LogP contribution in [-0.4, -0.2) is 25.0 Å². The van der Waals surface area contributed by atoms with Crippen LogP contribution in [0.15, 0.2) is 66.7 Å². The van der Waals surface area contributed by atoms with Crippen LogP contribution in [-0.2, 0) is 0 Å². The van der Waals surface area contributed by atoms with Crippen LogP contribution in [0.5, 0.6) is 5.75 Å². The second-order valence-electron chi connectivity index (χ2n) is 6.27. The van der Waals surface area contributed by atoms with Crippen LogP contribution in [0.1, 0.15) is 17.4 Å². The second kappa shape index (κ2) is 7.09. The van der Waals surface area contributed by atoms with Gasteiger partial charge >= 0.3 is 0 Å². The number of hydrogen-bond acceptors (Lipinski definition) is 6. The lowest BCUT2D eigenvalue weighted by Crippen LogP contribution is -2.10. The van der Waals surface area contributed by atoms with E-state index in [-0.39, 0.29) is 11.3 Å². The molecule has 0 saturated heterocycles. The molecule has 1 heterocycles. The summed E-state index contributed by atoms with van der Waals surface area (Å²) in [7, 11) is 0. The molecule has 0 bridgehead atoms. The first-order valence-electron chi connectivity index (χ1n) is 8.53. The van der Waals surface area contributed by atoms with E-state index in [1.807, 2.05) is 43.3 Å². The summed E-state index contributed by atoms with van der Waals surface area (Å²) in [6.07, 6.45) is -1.38. The first-order valence-corrected chi connectivity index (χ1v) is 8.53. The quantitative estimate of drug-likeness (QED) is 0.324. The summed E-state index contributed by atoms with van der Waals surface area (Å²) in [5, 5.41) is 30.3. The van der Waals surface area contributed by atoms with E-state index in [0.717, 1.165) is 16.6 Å². The summed E-state index contributed by atoms with van der Waals surface area (Å²) in [4.78, 5) is 11.9. The molecule has 4 aromatic rings. The van der Waals surface area contributed by atoms with Gasteiger partial charge < -0.3 is 9.84 Å². The summed E-state index contributed by atoms with van der Waals surface area (Å²) in [6, 6.07) is 18.5. The Labute approximate surface area is 159 Å².